The van der Waals surface area contributed by atoms with Gasteiger partial charge >= 0.3 is 0 Å². The first-order valence-electron chi connectivity index (χ1n) is 6.33. The van der Waals surface area contributed by atoms with Crippen molar-refractivity contribution in [1.29, 1.82) is 0 Å². The van der Waals surface area contributed by atoms with Crippen LogP contribution in [0.25, 0.3) is 0 Å². The fourth-order valence-electron chi connectivity index (χ4n) is 1.99. The van der Waals surface area contributed by atoms with Gasteiger partial charge in [0.15, 0.2) is 0 Å². The SMILES string of the molecule is CCCC(Nc1cccnc1Br)c1ccc(Cl)cc1. The third kappa shape index (κ3) is 3.95. The van der Waals surface area contributed by atoms with Gasteiger partial charge in [-0.25, -0.2) is 4.98 Å². The van der Waals surface area contributed by atoms with Crippen LogP contribution in [-0.2, 0) is 0 Å². The topological polar surface area (TPSA) is 24.9 Å². The van der Waals surface area contributed by atoms with E-state index in [0.717, 1.165) is 28.2 Å². The molecule has 0 fully saturated rings. The van der Waals surface area contributed by atoms with Crippen molar-refractivity contribution in [2.75, 3.05) is 5.32 Å². The normalized spacial score (nSPS) is 12.2. The van der Waals surface area contributed by atoms with E-state index in [-0.39, 0.29) is 6.04 Å². The number of anilines is 1. The molecule has 0 radical (unpaired) electrons. The lowest BCUT2D eigenvalue weighted by Gasteiger charge is -2.20. The number of pyridine rings is 1. The van der Waals surface area contributed by atoms with Gasteiger partial charge in [-0.15, -0.1) is 0 Å². The summed E-state index contributed by atoms with van der Waals surface area (Å²) in [6.45, 7) is 2.18. The molecule has 1 heterocycles. The van der Waals surface area contributed by atoms with Gasteiger partial charge in [0.1, 0.15) is 4.60 Å². The summed E-state index contributed by atoms with van der Waals surface area (Å²) in [5.41, 5.74) is 2.25. The highest BCUT2D eigenvalue weighted by atomic mass is 79.9. The molecule has 1 aromatic heterocycles. The van der Waals surface area contributed by atoms with Gasteiger partial charge in [-0.3, -0.25) is 0 Å². The van der Waals surface area contributed by atoms with Crippen LogP contribution in [0.3, 0.4) is 0 Å². The zero-order valence-electron chi connectivity index (χ0n) is 10.7. The zero-order chi connectivity index (χ0) is 13.7. The van der Waals surface area contributed by atoms with Gasteiger partial charge in [0.05, 0.1) is 11.7 Å². The van der Waals surface area contributed by atoms with Gasteiger partial charge in [0.25, 0.3) is 0 Å². The van der Waals surface area contributed by atoms with Crippen LogP contribution in [0.1, 0.15) is 31.4 Å². The molecule has 0 aliphatic carbocycles. The number of hydrogen-bond donors (Lipinski definition) is 1. The number of hydrogen-bond acceptors (Lipinski definition) is 2. The molecule has 100 valence electrons. The maximum Gasteiger partial charge on any atom is 0.129 e. The van der Waals surface area contributed by atoms with Crippen molar-refractivity contribution in [1.82, 2.24) is 4.98 Å². The van der Waals surface area contributed by atoms with Crippen LogP contribution in [-0.4, -0.2) is 4.98 Å². The lowest BCUT2D eigenvalue weighted by Crippen LogP contribution is -2.11. The Balaban J connectivity index is 2.21. The fraction of sp³-hybridized carbons (Fsp3) is 0.267. The van der Waals surface area contributed by atoms with Crippen molar-refractivity contribution in [3.63, 3.8) is 0 Å². The second-order valence-electron chi connectivity index (χ2n) is 4.38. The highest BCUT2D eigenvalue weighted by molar-refractivity contribution is 9.10. The van der Waals surface area contributed by atoms with Crippen LogP contribution < -0.4 is 5.32 Å². The first kappa shape index (κ1) is 14.4. The molecule has 1 unspecified atom stereocenters. The van der Waals surface area contributed by atoms with E-state index in [1.165, 1.54) is 5.56 Å². The molecule has 0 aliphatic heterocycles. The number of aromatic nitrogens is 1. The van der Waals surface area contributed by atoms with Gasteiger partial charge in [0, 0.05) is 11.2 Å². The Morgan fingerprint density at radius 3 is 2.63 bits per heavy atom. The number of benzene rings is 1. The molecule has 2 rings (SSSR count). The van der Waals surface area contributed by atoms with Crippen molar-refractivity contribution in [3.8, 4) is 0 Å². The van der Waals surface area contributed by atoms with E-state index in [4.69, 9.17) is 11.6 Å². The molecular weight excluding hydrogens is 324 g/mol. The minimum atomic E-state index is 0.266. The first-order valence-corrected chi connectivity index (χ1v) is 7.50. The predicted molar refractivity (Wildman–Crippen MR) is 84.7 cm³/mol. The van der Waals surface area contributed by atoms with Gasteiger partial charge in [-0.1, -0.05) is 37.1 Å². The molecule has 2 nitrogen and oxygen atoms in total. The molecule has 1 atom stereocenters. The van der Waals surface area contributed by atoms with Gasteiger partial charge in [-0.2, -0.15) is 0 Å². The van der Waals surface area contributed by atoms with E-state index in [0.29, 0.717) is 0 Å². The summed E-state index contributed by atoms with van der Waals surface area (Å²) in [6, 6.07) is 12.2. The molecule has 0 saturated heterocycles. The second-order valence-corrected chi connectivity index (χ2v) is 5.57. The summed E-state index contributed by atoms with van der Waals surface area (Å²) in [5.74, 6) is 0. The minimum absolute atomic E-state index is 0.266. The quantitative estimate of drug-likeness (QED) is 0.733. The van der Waals surface area contributed by atoms with Crippen LogP contribution in [0.5, 0.6) is 0 Å². The van der Waals surface area contributed by atoms with Crippen LogP contribution in [0, 0.1) is 0 Å². The monoisotopic (exact) mass is 338 g/mol. The predicted octanol–water partition coefficient (Wildman–Crippen LogP) is 5.45. The molecular formula is C15H16BrClN2. The molecule has 0 amide bonds. The molecule has 0 spiro atoms. The van der Waals surface area contributed by atoms with Crippen LogP contribution >= 0.6 is 27.5 Å². The maximum atomic E-state index is 5.94. The van der Waals surface area contributed by atoms with E-state index in [2.05, 4.69) is 45.3 Å². The third-order valence-corrected chi connectivity index (χ3v) is 3.82. The summed E-state index contributed by atoms with van der Waals surface area (Å²) in [4.78, 5) is 4.23. The lowest BCUT2D eigenvalue weighted by atomic mass is 10.0. The van der Waals surface area contributed by atoms with E-state index in [9.17, 15) is 0 Å². The summed E-state index contributed by atoms with van der Waals surface area (Å²) < 4.78 is 0.838. The molecule has 0 saturated carbocycles. The van der Waals surface area contributed by atoms with E-state index in [1.807, 2.05) is 24.3 Å². The van der Waals surface area contributed by atoms with Crippen LogP contribution in [0.15, 0.2) is 47.2 Å². The molecule has 1 N–H and O–H groups in total. The summed E-state index contributed by atoms with van der Waals surface area (Å²) >= 11 is 9.41. The Morgan fingerprint density at radius 2 is 2.00 bits per heavy atom. The molecule has 0 bridgehead atoms. The largest absolute Gasteiger partial charge is 0.376 e. The molecule has 2 aromatic rings. The number of halogens is 2. The maximum absolute atomic E-state index is 5.94. The summed E-state index contributed by atoms with van der Waals surface area (Å²) in [6.07, 6.45) is 3.94. The molecule has 0 aliphatic rings. The van der Waals surface area contributed by atoms with Crippen molar-refractivity contribution < 1.29 is 0 Å². The first-order chi connectivity index (χ1) is 9.20. The van der Waals surface area contributed by atoms with Crippen LogP contribution in [0.2, 0.25) is 5.02 Å². The fourth-order valence-corrected chi connectivity index (χ4v) is 2.48. The molecule has 1 aromatic carbocycles. The van der Waals surface area contributed by atoms with Gasteiger partial charge < -0.3 is 5.32 Å². The highest BCUT2D eigenvalue weighted by Crippen LogP contribution is 2.28. The van der Waals surface area contributed by atoms with Crippen LogP contribution in [0.4, 0.5) is 5.69 Å². The Hall–Kier alpha value is -1.06. The van der Waals surface area contributed by atoms with Crippen molar-refractivity contribution >= 4 is 33.2 Å². The Kier molecular flexibility index (Phi) is 5.23. The lowest BCUT2D eigenvalue weighted by molar-refractivity contribution is 0.677. The number of rotatable bonds is 5. The van der Waals surface area contributed by atoms with Crippen molar-refractivity contribution in [2.45, 2.75) is 25.8 Å². The Bertz CT molecular complexity index is 528. The minimum Gasteiger partial charge on any atom is -0.376 e. The highest BCUT2D eigenvalue weighted by Gasteiger charge is 2.12. The number of nitrogens with zero attached hydrogens (tertiary/aromatic N) is 1. The smallest absolute Gasteiger partial charge is 0.129 e. The van der Waals surface area contributed by atoms with Crippen molar-refractivity contribution in [3.05, 3.63) is 57.8 Å². The summed E-state index contributed by atoms with van der Waals surface area (Å²) in [5, 5.41) is 4.30. The van der Waals surface area contributed by atoms with E-state index < -0.39 is 0 Å². The average Bonchev–Trinajstić information content (AvgIpc) is 2.42. The average molecular weight is 340 g/mol. The molecule has 4 heteroatoms. The van der Waals surface area contributed by atoms with Gasteiger partial charge in [-0.05, 0) is 52.2 Å². The zero-order valence-corrected chi connectivity index (χ0v) is 13.1. The Morgan fingerprint density at radius 1 is 1.26 bits per heavy atom. The summed E-state index contributed by atoms with van der Waals surface area (Å²) in [7, 11) is 0. The Labute approximate surface area is 127 Å². The molecule has 19 heavy (non-hydrogen) atoms. The standard InChI is InChI=1S/C15H16BrClN2/c1-2-4-13(11-6-8-12(17)9-7-11)19-14-5-3-10-18-15(14)16/h3,5-10,13,19H,2,4H2,1H3. The third-order valence-electron chi connectivity index (χ3n) is 2.94. The van der Waals surface area contributed by atoms with E-state index in [1.54, 1.807) is 6.20 Å². The second kappa shape index (κ2) is 6.92. The van der Waals surface area contributed by atoms with E-state index >= 15 is 0 Å². The number of nitrogens with one attached hydrogen (secondary N) is 1. The van der Waals surface area contributed by atoms with Gasteiger partial charge in [0.2, 0.25) is 0 Å². The van der Waals surface area contributed by atoms with Crippen molar-refractivity contribution in [2.24, 2.45) is 0 Å².